The second-order valence-corrected chi connectivity index (χ2v) is 2.02. The molecule has 0 rings (SSSR count). The zero-order chi connectivity index (χ0) is 7.98. The second-order valence-electron chi connectivity index (χ2n) is 1.50. The van der Waals surface area contributed by atoms with Gasteiger partial charge in [-0.05, 0) is 12.0 Å². The average Bonchev–Trinajstić information content (AvgIpc) is 1.88. The van der Waals surface area contributed by atoms with E-state index >= 15 is 0 Å². The Hall–Kier alpha value is -0.260. The molecule has 0 saturated carbocycles. The van der Waals surface area contributed by atoms with Gasteiger partial charge in [-0.3, -0.25) is 8.98 Å². The number of aliphatic hydroxyl groups is 1. The molecule has 1 N–H and O–H groups in total. The summed E-state index contributed by atoms with van der Waals surface area (Å²) in [5.74, 6) is -0.485. The quantitative estimate of drug-likeness (QED) is 0.366. The summed E-state index contributed by atoms with van der Waals surface area (Å²) in [6, 6.07) is 0. The first-order chi connectivity index (χ1) is 4.70. The van der Waals surface area contributed by atoms with Crippen molar-refractivity contribution in [3.8, 4) is 0 Å². The normalized spacial score (nSPS) is 12.7. The number of ether oxygens (including phenoxy) is 1. The Kier molecular flexibility index (Phi) is 5.38. The van der Waals surface area contributed by atoms with Gasteiger partial charge in [0.1, 0.15) is 0 Å². The number of carbonyl (C=O) groups excluding carboxylic acids is 1. The van der Waals surface area contributed by atoms with Crippen LogP contribution < -0.4 is 0 Å². The van der Waals surface area contributed by atoms with Crippen molar-refractivity contribution in [3.05, 3.63) is 0 Å². The van der Waals surface area contributed by atoms with Gasteiger partial charge >= 0.3 is 5.97 Å². The second kappa shape index (κ2) is 5.52. The predicted octanol–water partition coefficient (Wildman–Crippen LogP) is 0.162. The summed E-state index contributed by atoms with van der Waals surface area (Å²) in [4.78, 5) is 10.4. The van der Waals surface area contributed by atoms with Crippen molar-refractivity contribution in [1.29, 1.82) is 0 Å². The van der Waals surface area contributed by atoms with Gasteiger partial charge in [0.05, 0.1) is 13.5 Å². The molecule has 0 saturated heterocycles. The molecule has 5 heteroatoms. The van der Waals surface area contributed by atoms with Gasteiger partial charge in [-0.2, -0.15) is 0 Å². The van der Waals surface area contributed by atoms with Crippen molar-refractivity contribution in [1.82, 2.24) is 0 Å². The van der Waals surface area contributed by atoms with Gasteiger partial charge in [0.25, 0.3) is 0 Å². The number of esters is 1. The monoisotopic (exact) mass is 166 g/mol. The van der Waals surface area contributed by atoms with Gasteiger partial charge in [-0.25, -0.2) is 0 Å². The van der Waals surface area contributed by atoms with Crippen LogP contribution in [0.25, 0.3) is 0 Å². The van der Waals surface area contributed by atoms with E-state index in [0.717, 1.165) is 12.0 Å². The highest BCUT2D eigenvalue weighted by molar-refractivity contribution is 7.93. The Labute approximate surface area is 63.7 Å². The number of methoxy groups -OCH3 is 1. The molecule has 0 aromatic carbocycles. The Morgan fingerprint density at radius 2 is 2.40 bits per heavy atom. The smallest absolute Gasteiger partial charge is 0.310 e. The SMILES string of the molecule is COC(=O)CC(O)OSC. The lowest BCUT2D eigenvalue weighted by Crippen LogP contribution is -2.14. The highest BCUT2D eigenvalue weighted by Gasteiger charge is 2.09. The molecule has 0 amide bonds. The van der Waals surface area contributed by atoms with Crippen molar-refractivity contribution in [2.45, 2.75) is 12.7 Å². The van der Waals surface area contributed by atoms with E-state index in [1.807, 2.05) is 0 Å². The topological polar surface area (TPSA) is 55.8 Å². The van der Waals surface area contributed by atoms with Crippen molar-refractivity contribution in [2.75, 3.05) is 13.4 Å². The van der Waals surface area contributed by atoms with E-state index in [4.69, 9.17) is 5.11 Å². The molecule has 60 valence electrons. The molecule has 0 aliphatic carbocycles. The van der Waals surface area contributed by atoms with Gasteiger partial charge in [-0.15, -0.1) is 0 Å². The molecule has 10 heavy (non-hydrogen) atoms. The number of rotatable bonds is 4. The third kappa shape index (κ3) is 4.60. The van der Waals surface area contributed by atoms with E-state index in [0.29, 0.717) is 0 Å². The van der Waals surface area contributed by atoms with Gasteiger partial charge in [-0.1, -0.05) is 0 Å². The van der Waals surface area contributed by atoms with Crippen LogP contribution in [-0.4, -0.2) is 30.7 Å². The van der Waals surface area contributed by atoms with Crippen LogP contribution in [0.15, 0.2) is 0 Å². The lowest BCUT2D eigenvalue weighted by Gasteiger charge is -2.06. The summed E-state index contributed by atoms with van der Waals surface area (Å²) in [7, 11) is 1.26. The van der Waals surface area contributed by atoms with E-state index in [1.54, 1.807) is 6.26 Å². The van der Waals surface area contributed by atoms with E-state index in [1.165, 1.54) is 7.11 Å². The first kappa shape index (κ1) is 9.74. The molecule has 0 aromatic heterocycles. The van der Waals surface area contributed by atoms with Crippen LogP contribution in [0, 0.1) is 0 Å². The highest BCUT2D eigenvalue weighted by atomic mass is 32.2. The maximum absolute atomic E-state index is 10.4. The Morgan fingerprint density at radius 1 is 1.80 bits per heavy atom. The predicted molar refractivity (Wildman–Crippen MR) is 37.2 cm³/mol. The Balaban J connectivity index is 3.37. The van der Waals surface area contributed by atoms with E-state index in [9.17, 15) is 4.79 Å². The van der Waals surface area contributed by atoms with E-state index in [-0.39, 0.29) is 6.42 Å². The van der Waals surface area contributed by atoms with Crippen LogP contribution in [0.2, 0.25) is 0 Å². The third-order valence-corrected chi connectivity index (χ3v) is 1.19. The minimum atomic E-state index is -1.07. The molecule has 0 aliphatic rings. The van der Waals surface area contributed by atoms with Gasteiger partial charge < -0.3 is 9.84 Å². The number of carbonyl (C=O) groups is 1. The standard InChI is InChI=1S/C5H10O4S/c1-8-4(6)3-5(7)9-10-2/h5,7H,3H2,1-2H3. The average molecular weight is 166 g/mol. The number of hydrogen-bond donors (Lipinski definition) is 1. The number of aliphatic hydroxyl groups excluding tert-OH is 1. The lowest BCUT2D eigenvalue weighted by atomic mass is 10.4. The van der Waals surface area contributed by atoms with Crippen molar-refractivity contribution >= 4 is 18.0 Å². The van der Waals surface area contributed by atoms with Crippen molar-refractivity contribution < 1.29 is 18.8 Å². The van der Waals surface area contributed by atoms with Gasteiger partial charge in [0.2, 0.25) is 0 Å². The zero-order valence-electron chi connectivity index (χ0n) is 5.86. The van der Waals surface area contributed by atoms with E-state index in [2.05, 4.69) is 8.92 Å². The summed E-state index contributed by atoms with van der Waals surface area (Å²) in [6.07, 6.45) is 0.458. The third-order valence-electron chi connectivity index (χ3n) is 0.776. The van der Waals surface area contributed by atoms with Crippen LogP contribution in [-0.2, 0) is 13.7 Å². The zero-order valence-corrected chi connectivity index (χ0v) is 6.68. The Morgan fingerprint density at radius 3 is 2.80 bits per heavy atom. The fraction of sp³-hybridized carbons (Fsp3) is 0.800. The summed E-state index contributed by atoms with van der Waals surface area (Å²) < 4.78 is 8.86. The summed E-state index contributed by atoms with van der Waals surface area (Å²) in [6.45, 7) is 0. The van der Waals surface area contributed by atoms with Crippen LogP contribution in [0.1, 0.15) is 6.42 Å². The first-order valence-corrected chi connectivity index (χ1v) is 3.80. The van der Waals surface area contributed by atoms with Crippen LogP contribution >= 0.6 is 12.0 Å². The minimum Gasteiger partial charge on any atom is -0.469 e. The largest absolute Gasteiger partial charge is 0.469 e. The molecule has 1 unspecified atom stereocenters. The van der Waals surface area contributed by atoms with Crippen molar-refractivity contribution in [2.24, 2.45) is 0 Å². The molecule has 0 aromatic rings. The molecule has 0 aliphatic heterocycles. The maximum atomic E-state index is 10.4. The molecule has 4 nitrogen and oxygen atoms in total. The summed E-state index contributed by atoms with van der Waals surface area (Å²) in [5.41, 5.74) is 0. The molecule has 1 atom stereocenters. The van der Waals surface area contributed by atoms with Crippen molar-refractivity contribution in [3.63, 3.8) is 0 Å². The van der Waals surface area contributed by atoms with Gasteiger partial charge in [0, 0.05) is 6.26 Å². The molecule has 0 radical (unpaired) electrons. The molecule has 0 heterocycles. The molecule has 0 fully saturated rings. The molecule has 0 bridgehead atoms. The minimum absolute atomic E-state index is 0.128. The van der Waals surface area contributed by atoms with Crippen LogP contribution in [0.5, 0.6) is 0 Å². The molecule has 0 spiro atoms. The molecular formula is C5H10O4S. The summed E-state index contributed by atoms with van der Waals surface area (Å²) >= 11 is 1.00. The Bertz CT molecular complexity index is 106. The summed E-state index contributed by atoms with van der Waals surface area (Å²) in [5, 5.41) is 8.81. The first-order valence-electron chi connectivity index (χ1n) is 2.65. The van der Waals surface area contributed by atoms with Gasteiger partial charge in [0.15, 0.2) is 6.29 Å². The fourth-order valence-corrected chi connectivity index (χ4v) is 0.661. The van der Waals surface area contributed by atoms with Crippen LogP contribution in [0.4, 0.5) is 0 Å². The number of hydrogen-bond acceptors (Lipinski definition) is 5. The van der Waals surface area contributed by atoms with E-state index < -0.39 is 12.3 Å². The maximum Gasteiger partial charge on any atom is 0.310 e. The molecular weight excluding hydrogens is 156 g/mol. The van der Waals surface area contributed by atoms with Crippen LogP contribution in [0.3, 0.4) is 0 Å². The highest BCUT2D eigenvalue weighted by Crippen LogP contribution is 2.03. The fourth-order valence-electron chi connectivity index (χ4n) is 0.371. The lowest BCUT2D eigenvalue weighted by molar-refractivity contribution is -0.146.